The Hall–Kier alpha value is -3.07. The smallest absolute Gasteiger partial charge is 0.244 e. The zero-order valence-corrected chi connectivity index (χ0v) is 22.9. The van der Waals surface area contributed by atoms with E-state index in [0.29, 0.717) is 18.4 Å². The molecule has 0 aliphatic carbocycles. The lowest BCUT2D eigenvalue weighted by atomic mass is 10.1. The van der Waals surface area contributed by atoms with Crippen LogP contribution in [-0.4, -0.2) is 36.1 Å². The number of thiophene rings is 1. The Morgan fingerprint density at radius 3 is 2.35 bits per heavy atom. The fourth-order valence-corrected chi connectivity index (χ4v) is 7.03. The van der Waals surface area contributed by atoms with Gasteiger partial charge in [0.25, 0.3) is 0 Å². The predicted octanol–water partition coefficient (Wildman–Crippen LogP) is 6.37. The van der Waals surface area contributed by atoms with Gasteiger partial charge in [-0.3, -0.25) is 4.79 Å². The van der Waals surface area contributed by atoms with Gasteiger partial charge in [-0.2, -0.15) is 4.31 Å². The first-order chi connectivity index (χ1) is 17.7. The fraction of sp³-hybridized carbons (Fsp3) is 0.276. The number of fused-ring (bicyclic) bond motifs is 1. The van der Waals surface area contributed by atoms with E-state index in [2.05, 4.69) is 0 Å². The molecular formula is C29H31FN2O3S2. The summed E-state index contributed by atoms with van der Waals surface area (Å²) >= 11 is 1.56. The molecule has 0 saturated carbocycles. The van der Waals surface area contributed by atoms with Crippen molar-refractivity contribution in [3.05, 3.63) is 100.0 Å². The molecule has 5 nitrogen and oxygen atoms in total. The fourth-order valence-electron chi connectivity index (χ4n) is 4.24. The molecule has 0 aliphatic rings. The molecule has 0 saturated heterocycles. The minimum absolute atomic E-state index is 0.192. The first-order valence-electron chi connectivity index (χ1n) is 12.3. The van der Waals surface area contributed by atoms with Crippen LogP contribution in [0.4, 0.5) is 4.39 Å². The van der Waals surface area contributed by atoms with Gasteiger partial charge in [0, 0.05) is 22.8 Å². The maximum absolute atomic E-state index is 14.0. The summed E-state index contributed by atoms with van der Waals surface area (Å²) in [7, 11) is -3.98. The van der Waals surface area contributed by atoms with Crippen molar-refractivity contribution in [2.45, 2.75) is 51.2 Å². The van der Waals surface area contributed by atoms with E-state index in [1.54, 1.807) is 46.6 Å². The molecule has 4 aromatic rings. The van der Waals surface area contributed by atoms with Gasteiger partial charge in [-0.25, -0.2) is 12.8 Å². The number of sulfonamides is 1. The number of aryl methyl sites for hydroxylation is 1. The molecule has 0 fully saturated rings. The number of rotatable bonds is 10. The van der Waals surface area contributed by atoms with E-state index >= 15 is 0 Å². The van der Waals surface area contributed by atoms with Crippen LogP contribution in [0.1, 0.15) is 36.3 Å². The number of amides is 1. The minimum atomic E-state index is -3.98. The van der Waals surface area contributed by atoms with Crippen LogP contribution in [0.3, 0.4) is 0 Å². The monoisotopic (exact) mass is 538 g/mol. The first-order valence-corrected chi connectivity index (χ1v) is 14.6. The van der Waals surface area contributed by atoms with Gasteiger partial charge in [0.15, 0.2) is 0 Å². The van der Waals surface area contributed by atoms with Gasteiger partial charge in [0.05, 0.1) is 18.0 Å². The highest BCUT2D eigenvalue weighted by Crippen LogP contribution is 2.28. The van der Waals surface area contributed by atoms with E-state index in [1.165, 1.54) is 16.4 Å². The molecule has 37 heavy (non-hydrogen) atoms. The largest absolute Gasteiger partial charge is 0.332 e. The third-order valence-corrected chi connectivity index (χ3v) is 9.68. The summed E-state index contributed by atoms with van der Waals surface area (Å²) in [5, 5.41) is 3.43. The van der Waals surface area contributed by atoms with Crippen molar-refractivity contribution in [1.82, 2.24) is 9.21 Å². The average Bonchev–Trinajstić information content (AvgIpc) is 3.31. The zero-order chi connectivity index (χ0) is 26.6. The summed E-state index contributed by atoms with van der Waals surface area (Å²) in [6, 6.07) is 20.2. The van der Waals surface area contributed by atoms with Crippen LogP contribution in [0.5, 0.6) is 0 Å². The predicted molar refractivity (Wildman–Crippen MR) is 147 cm³/mol. The number of benzene rings is 3. The Balaban J connectivity index is 1.68. The first kappa shape index (κ1) is 27.0. The van der Waals surface area contributed by atoms with E-state index < -0.39 is 10.0 Å². The molecule has 1 amide bonds. The van der Waals surface area contributed by atoms with Crippen LogP contribution >= 0.6 is 11.3 Å². The topological polar surface area (TPSA) is 57.7 Å². The average molecular weight is 539 g/mol. The molecule has 1 heterocycles. The summed E-state index contributed by atoms with van der Waals surface area (Å²) in [5.41, 5.74) is 1.85. The van der Waals surface area contributed by atoms with Crippen LogP contribution in [0.25, 0.3) is 10.8 Å². The highest BCUT2D eigenvalue weighted by Gasteiger charge is 2.33. The second-order valence-corrected chi connectivity index (χ2v) is 12.0. The highest BCUT2D eigenvalue weighted by molar-refractivity contribution is 7.89. The van der Waals surface area contributed by atoms with Gasteiger partial charge in [-0.05, 0) is 66.4 Å². The molecule has 0 spiro atoms. The van der Waals surface area contributed by atoms with Crippen molar-refractivity contribution < 1.29 is 17.6 Å². The van der Waals surface area contributed by atoms with Gasteiger partial charge in [0.2, 0.25) is 15.9 Å². The van der Waals surface area contributed by atoms with E-state index in [1.807, 2.05) is 56.5 Å². The maximum atomic E-state index is 14.0. The molecule has 3 aromatic carbocycles. The van der Waals surface area contributed by atoms with E-state index in [-0.39, 0.29) is 35.8 Å². The van der Waals surface area contributed by atoms with Crippen LogP contribution in [0.2, 0.25) is 0 Å². The molecule has 8 heteroatoms. The molecule has 0 bridgehead atoms. The second kappa shape index (κ2) is 11.5. The second-order valence-electron chi connectivity index (χ2n) is 9.19. The van der Waals surface area contributed by atoms with Crippen molar-refractivity contribution >= 4 is 38.0 Å². The summed E-state index contributed by atoms with van der Waals surface area (Å²) in [6.07, 6.45) is 0.555. The van der Waals surface area contributed by atoms with Crippen molar-refractivity contribution in [1.29, 1.82) is 0 Å². The Bertz CT molecular complexity index is 1480. The van der Waals surface area contributed by atoms with Crippen LogP contribution in [0, 0.1) is 12.7 Å². The minimum Gasteiger partial charge on any atom is -0.332 e. The summed E-state index contributed by atoms with van der Waals surface area (Å²) in [6.45, 7) is 6.03. The molecule has 0 aliphatic heterocycles. The molecule has 0 radical (unpaired) electrons. The molecule has 0 N–H and O–H groups in total. The zero-order valence-electron chi connectivity index (χ0n) is 21.2. The lowest BCUT2D eigenvalue weighted by molar-refractivity contribution is -0.133. The van der Waals surface area contributed by atoms with Crippen molar-refractivity contribution in [2.75, 3.05) is 6.54 Å². The maximum Gasteiger partial charge on any atom is 0.244 e. The van der Waals surface area contributed by atoms with E-state index in [0.717, 1.165) is 21.4 Å². The third kappa shape index (κ3) is 6.09. The lowest BCUT2D eigenvalue weighted by Gasteiger charge is -2.31. The van der Waals surface area contributed by atoms with Crippen molar-refractivity contribution in [2.24, 2.45) is 0 Å². The number of nitrogens with zero attached hydrogens (tertiary/aromatic N) is 2. The number of hydrogen-bond acceptors (Lipinski definition) is 4. The Morgan fingerprint density at radius 2 is 1.68 bits per heavy atom. The molecule has 194 valence electrons. The van der Waals surface area contributed by atoms with Gasteiger partial charge >= 0.3 is 0 Å². The standard InChI is InChI=1S/C29H31FN2O3S2/c1-4-22(3)32(37(34,35)28-11-7-9-24-8-5-6-10-26(24)28)20-29(33)31(19-27-21(2)16-17-36-27)18-23-12-14-25(30)15-13-23/h5-17,22H,4,18-20H2,1-3H3. The molecule has 1 aromatic heterocycles. The van der Waals surface area contributed by atoms with Gasteiger partial charge in [-0.15, -0.1) is 11.3 Å². The van der Waals surface area contributed by atoms with Crippen molar-refractivity contribution in [3.63, 3.8) is 0 Å². The van der Waals surface area contributed by atoms with Crippen LogP contribution < -0.4 is 0 Å². The SMILES string of the molecule is CCC(C)N(CC(=O)N(Cc1ccc(F)cc1)Cc1sccc1C)S(=O)(=O)c1cccc2ccccc12. The van der Waals surface area contributed by atoms with Crippen molar-refractivity contribution in [3.8, 4) is 0 Å². The number of hydrogen-bond donors (Lipinski definition) is 0. The molecular weight excluding hydrogens is 507 g/mol. The Labute approximate surface area is 222 Å². The van der Waals surface area contributed by atoms with Crippen LogP contribution in [0.15, 0.2) is 83.1 Å². The summed E-state index contributed by atoms with van der Waals surface area (Å²) in [5.74, 6) is -0.652. The van der Waals surface area contributed by atoms with Gasteiger partial charge in [0.1, 0.15) is 5.82 Å². The van der Waals surface area contributed by atoms with E-state index in [4.69, 9.17) is 0 Å². The molecule has 4 rings (SSSR count). The number of carbonyl (C=O) groups is 1. The summed E-state index contributed by atoms with van der Waals surface area (Å²) in [4.78, 5) is 16.7. The van der Waals surface area contributed by atoms with Gasteiger partial charge < -0.3 is 4.90 Å². The number of carbonyl (C=O) groups excluding carboxylic acids is 1. The van der Waals surface area contributed by atoms with Gasteiger partial charge in [-0.1, -0.05) is 55.5 Å². The normalized spacial score (nSPS) is 12.7. The quantitative estimate of drug-likeness (QED) is 0.236. The Morgan fingerprint density at radius 1 is 0.973 bits per heavy atom. The van der Waals surface area contributed by atoms with E-state index in [9.17, 15) is 17.6 Å². The van der Waals surface area contributed by atoms with Crippen LogP contribution in [-0.2, 0) is 27.9 Å². The Kier molecular flexibility index (Phi) is 8.42. The molecule has 1 atom stereocenters. The highest BCUT2D eigenvalue weighted by atomic mass is 32.2. The lowest BCUT2D eigenvalue weighted by Crippen LogP contribution is -2.46. The molecule has 1 unspecified atom stereocenters. The number of halogens is 1. The summed E-state index contributed by atoms with van der Waals surface area (Å²) < 4.78 is 42.8. The third-order valence-electron chi connectivity index (χ3n) is 6.65.